The Morgan fingerprint density at radius 2 is 1.89 bits per heavy atom. The van der Waals surface area contributed by atoms with Crippen LogP contribution in [0, 0.1) is 13.8 Å². The van der Waals surface area contributed by atoms with Gasteiger partial charge in [0.2, 0.25) is 0 Å². The predicted octanol–water partition coefficient (Wildman–Crippen LogP) is 3.22. The summed E-state index contributed by atoms with van der Waals surface area (Å²) in [5, 5.41) is 3.44. The average molecular weight is 258 g/mol. The number of aryl methyl sites for hydroxylation is 2. The van der Waals surface area contributed by atoms with Crippen LogP contribution in [-0.4, -0.2) is 31.1 Å². The van der Waals surface area contributed by atoms with Crippen molar-refractivity contribution in [3.8, 4) is 0 Å². The van der Waals surface area contributed by atoms with Crippen molar-refractivity contribution in [1.29, 1.82) is 0 Å². The number of rotatable bonds is 5. The highest BCUT2D eigenvalue weighted by atomic mass is 15.2. The minimum atomic E-state index is 0.543. The highest BCUT2D eigenvalue weighted by Gasteiger charge is 2.23. The first-order valence-electron chi connectivity index (χ1n) is 7.36. The molecule has 0 aliphatic carbocycles. The van der Waals surface area contributed by atoms with Crippen LogP contribution in [-0.2, 0) is 0 Å². The highest BCUT2D eigenvalue weighted by Crippen LogP contribution is 2.31. The summed E-state index contributed by atoms with van der Waals surface area (Å²) in [6.45, 7) is 12.9. The molecule has 1 aliphatic rings. The molecular weight excluding hydrogens is 232 g/mol. The molecule has 1 fully saturated rings. The van der Waals surface area contributed by atoms with E-state index >= 15 is 0 Å². The van der Waals surface area contributed by atoms with Crippen LogP contribution < -0.4 is 5.32 Å². The van der Waals surface area contributed by atoms with Crippen LogP contribution in [0.1, 0.15) is 35.6 Å². The summed E-state index contributed by atoms with van der Waals surface area (Å²) >= 11 is 0. The molecule has 104 valence electrons. The minimum absolute atomic E-state index is 0.543. The number of hydrogen-bond acceptors (Lipinski definition) is 2. The Morgan fingerprint density at radius 3 is 2.47 bits per heavy atom. The lowest BCUT2D eigenvalue weighted by atomic mass is 9.91. The van der Waals surface area contributed by atoms with Gasteiger partial charge in [0.1, 0.15) is 0 Å². The van der Waals surface area contributed by atoms with E-state index in [0.717, 1.165) is 32.6 Å². The predicted molar refractivity (Wildman–Crippen MR) is 82.5 cm³/mol. The molecule has 0 amide bonds. The van der Waals surface area contributed by atoms with Crippen LogP contribution in [0.15, 0.2) is 30.9 Å². The quantitative estimate of drug-likeness (QED) is 0.816. The molecule has 1 N–H and O–H groups in total. The molecule has 1 atom stereocenters. The standard InChI is InChI=1S/C17H26N2/c1-4-5-9-16(19-12-10-18-11-13-19)17-14(2)7-6-8-15(17)3/h4,6-8,16,18H,1,5,9-13H2,2-3H3/t16-/m1/s1. The van der Waals surface area contributed by atoms with Gasteiger partial charge in [0.15, 0.2) is 0 Å². The molecule has 1 aliphatic heterocycles. The van der Waals surface area contributed by atoms with Crippen molar-refractivity contribution in [2.45, 2.75) is 32.7 Å². The van der Waals surface area contributed by atoms with Crippen LogP contribution in [0.2, 0.25) is 0 Å². The molecule has 0 saturated carbocycles. The van der Waals surface area contributed by atoms with Crippen molar-refractivity contribution >= 4 is 0 Å². The number of hydrogen-bond donors (Lipinski definition) is 1. The van der Waals surface area contributed by atoms with E-state index in [0.29, 0.717) is 6.04 Å². The Bertz CT molecular complexity index is 399. The molecule has 1 aromatic rings. The monoisotopic (exact) mass is 258 g/mol. The van der Waals surface area contributed by atoms with Gasteiger partial charge in [-0.2, -0.15) is 0 Å². The fourth-order valence-corrected chi connectivity index (χ4v) is 3.13. The third kappa shape index (κ3) is 3.46. The molecule has 1 aromatic carbocycles. The van der Waals surface area contributed by atoms with E-state index in [1.807, 2.05) is 6.08 Å². The second-order valence-electron chi connectivity index (χ2n) is 5.47. The molecule has 2 nitrogen and oxygen atoms in total. The van der Waals surface area contributed by atoms with Crippen LogP contribution in [0.3, 0.4) is 0 Å². The van der Waals surface area contributed by atoms with Gasteiger partial charge in [-0.25, -0.2) is 0 Å². The molecule has 1 saturated heterocycles. The second-order valence-corrected chi connectivity index (χ2v) is 5.47. The van der Waals surface area contributed by atoms with Gasteiger partial charge in [0.25, 0.3) is 0 Å². The van der Waals surface area contributed by atoms with E-state index in [1.54, 1.807) is 0 Å². The molecule has 0 bridgehead atoms. The summed E-state index contributed by atoms with van der Waals surface area (Å²) in [6, 6.07) is 7.19. The van der Waals surface area contributed by atoms with Crippen molar-refractivity contribution in [2.75, 3.05) is 26.2 Å². The number of piperazine rings is 1. The highest BCUT2D eigenvalue weighted by molar-refractivity contribution is 5.36. The van der Waals surface area contributed by atoms with Crippen molar-refractivity contribution in [2.24, 2.45) is 0 Å². The number of allylic oxidation sites excluding steroid dienone is 1. The maximum Gasteiger partial charge on any atom is 0.0357 e. The Kier molecular flexibility index (Phi) is 5.17. The van der Waals surface area contributed by atoms with Gasteiger partial charge < -0.3 is 5.32 Å². The molecule has 0 unspecified atom stereocenters. The zero-order valence-electron chi connectivity index (χ0n) is 12.3. The smallest absolute Gasteiger partial charge is 0.0357 e. The maximum atomic E-state index is 3.89. The van der Waals surface area contributed by atoms with Gasteiger partial charge in [-0.05, 0) is 43.4 Å². The second kappa shape index (κ2) is 6.88. The Hall–Kier alpha value is -1.12. The lowest BCUT2D eigenvalue weighted by Crippen LogP contribution is -2.45. The van der Waals surface area contributed by atoms with Gasteiger partial charge in [-0.3, -0.25) is 4.90 Å². The van der Waals surface area contributed by atoms with Gasteiger partial charge >= 0.3 is 0 Å². The fourth-order valence-electron chi connectivity index (χ4n) is 3.13. The summed E-state index contributed by atoms with van der Waals surface area (Å²) in [7, 11) is 0. The zero-order valence-corrected chi connectivity index (χ0v) is 12.3. The Balaban J connectivity index is 2.27. The molecule has 2 rings (SSSR count). The van der Waals surface area contributed by atoms with Crippen LogP contribution in [0.4, 0.5) is 0 Å². The first kappa shape index (κ1) is 14.3. The first-order valence-corrected chi connectivity index (χ1v) is 7.36. The fraction of sp³-hybridized carbons (Fsp3) is 0.529. The zero-order chi connectivity index (χ0) is 13.7. The molecule has 0 radical (unpaired) electrons. The summed E-state index contributed by atoms with van der Waals surface area (Å²) in [5.41, 5.74) is 4.38. The van der Waals surface area contributed by atoms with Crippen LogP contribution in [0.25, 0.3) is 0 Å². The number of nitrogens with one attached hydrogen (secondary N) is 1. The topological polar surface area (TPSA) is 15.3 Å². The van der Waals surface area contributed by atoms with Crippen LogP contribution in [0.5, 0.6) is 0 Å². The molecule has 19 heavy (non-hydrogen) atoms. The largest absolute Gasteiger partial charge is 0.314 e. The van der Waals surface area contributed by atoms with Crippen molar-refractivity contribution in [3.05, 3.63) is 47.5 Å². The average Bonchev–Trinajstić information content (AvgIpc) is 2.43. The molecule has 1 heterocycles. The van der Waals surface area contributed by atoms with Crippen LogP contribution >= 0.6 is 0 Å². The Labute approximate surface area is 117 Å². The number of benzene rings is 1. The molecular formula is C17H26N2. The van der Waals surface area contributed by atoms with E-state index in [2.05, 4.69) is 48.8 Å². The summed E-state index contributed by atoms with van der Waals surface area (Å²) < 4.78 is 0. The Morgan fingerprint density at radius 1 is 1.26 bits per heavy atom. The van der Waals surface area contributed by atoms with Gasteiger partial charge in [-0.15, -0.1) is 6.58 Å². The summed E-state index contributed by atoms with van der Waals surface area (Å²) in [6.07, 6.45) is 4.31. The molecule has 0 spiro atoms. The first-order chi connectivity index (χ1) is 9.24. The third-order valence-electron chi connectivity index (χ3n) is 4.11. The van der Waals surface area contributed by atoms with E-state index in [-0.39, 0.29) is 0 Å². The van der Waals surface area contributed by atoms with Crippen molar-refractivity contribution in [1.82, 2.24) is 10.2 Å². The van der Waals surface area contributed by atoms with E-state index in [4.69, 9.17) is 0 Å². The molecule has 2 heteroatoms. The lowest BCUT2D eigenvalue weighted by molar-refractivity contribution is 0.165. The van der Waals surface area contributed by atoms with Gasteiger partial charge in [-0.1, -0.05) is 24.3 Å². The summed E-state index contributed by atoms with van der Waals surface area (Å²) in [5.74, 6) is 0. The molecule has 0 aromatic heterocycles. The normalized spacial score (nSPS) is 18.2. The SMILES string of the molecule is C=CCC[C@H](c1c(C)cccc1C)N1CCNCC1. The maximum absolute atomic E-state index is 3.89. The number of nitrogens with zero attached hydrogens (tertiary/aromatic N) is 1. The van der Waals surface area contributed by atoms with E-state index in [1.165, 1.54) is 23.1 Å². The van der Waals surface area contributed by atoms with Gasteiger partial charge in [0.05, 0.1) is 0 Å². The van der Waals surface area contributed by atoms with Crippen molar-refractivity contribution in [3.63, 3.8) is 0 Å². The lowest BCUT2D eigenvalue weighted by Gasteiger charge is -2.36. The van der Waals surface area contributed by atoms with E-state index < -0.39 is 0 Å². The van der Waals surface area contributed by atoms with E-state index in [9.17, 15) is 0 Å². The minimum Gasteiger partial charge on any atom is -0.314 e. The van der Waals surface area contributed by atoms with Crippen molar-refractivity contribution < 1.29 is 0 Å². The van der Waals surface area contributed by atoms with Gasteiger partial charge in [0, 0.05) is 32.2 Å². The summed E-state index contributed by atoms with van der Waals surface area (Å²) in [4.78, 5) is 2.63. The third-order valence-corrected chi connectivity index (χ3v) is 4.11.